The number of primary amides is 1. The molecule has 0 spiro atoms. The Bertz CT molecular complexity index is 2560. The van der Waals surface area contributed by atoms with Crippen LogP contribution in [0.4, 0.5) is 17.5 Å². The number of aryl methyl sites for hydroxylation is 4. The fraction of sp³-hybridized carbons (Fsp3) is 0.458. The number of imidazole rings is 1. The summed E-state index contributed by atoms with van der Waals surface area (Å²) in [4.78, 5) is 69.0. The van der Waals surface area contributed by atoms with E-state index in [0.29, 0.717) is 83.6 Å². The largest absolute Gasteiger partial charge is 0.491 e. The number of nitrogens with zero attached hydrogens (tertiary/aromatic N) is 10. The van der Waals surface area contributed by atoms with Crippen LogP contribution in [0.3, 0.4) is 0 Å². The first-order valence-electron chi connectivity index (χ1n) is 23.1. The molecular weight excluding hydrogens is 895 g/mol. The van der Waals surface area contributed by atoms with E-state index in [-0.39, 0.29) is 41.8 Å². The van der Waals surface area contributed by atoms with Crippen LogP contribution < -0.4 is 32.2 Å². The van der Waals surface area contributed by atoms with Crippen LogP contribution >= 0.6 is 0 Å². The molecule has 0 unspecified atom stereocenters. The zero-order valence-corrected chi connectivity index (χ0v) is 42.6. The molecule has 1 aliphatic rings. The molecule has 4 aromatic heterocycles. The molecule has 21 nitrogen and oxygen atoms in total. The molecule has 1 aromatic carbocycles. The molecule has 0 atom stereocenters. The summed E-state index contributed by atoms with van der Waals surface area (Å²) in [6.07, 6.45) is 8.66. The number of likely N-dealkylation sites (tertiary alicyclic amines) is 1. The predicted octanol–water partition coefficient (Wildman–Crippen LogP) is 5.34. The number of methoxy groups -OCH3 is 1. The number of anilines is 2. The number of nitrogens with two attached hydrogens (primary N) is 3. The minimum atomic E-state index is -0.680. The molecule has 5 aromatic rings. The van der Waals surface area contributed by atoms with Gasteiger partial charge in [0.05, 0.1) is 34.7 Å². The molecule has 1 fully saturated rings. The number of hydrogen-bond donors (Lipinski definition) is 4. The van der Waals surface area contributed by atoms with Crippen molar-refractivity contribution in [3.8, 4) is 11.7 Å². The topological polar surface area (TPSA) is 294 Å². The lowest BCUT2D eigenvalue weighted by molar-refractivity contribution is -0.111. The summed E-state index contributed by atoms with van der Waals surface area (Å²) in [6.45, 7) is 20.5. The number of oxazole rings is 1. The number of nitrogens with one attached hydrogen (secondary N) is 1. The van der Waals surface area contributed by atoms with Gasteiger partial charge in [-0.25, -0.2) is 20.2 Å². The minimum Gasteiger partial charge on any atom is -0.491 e. The number of carbonyl (C=O) groups is 4. The number of benzene rings is 1. The van der Waals surface area contributed by atoms with E-state index in [1.165, 1.54) is 31.3 Å². The summed E-state index contributed by atoms with van der Waals surface area (Å²) < 4.78 is 20.6. The highest BCUT2D eigenvalue weighted by atomic mass is 16.5. The Hall–Kier alpha value is -7.06. The van der Waals surface area contributed by atoms with Crippen LogP contribution in [0.1, 0.15) is 93.2 Å². The maximum atomic E-state index is 14.1. The number of aliphatic imine (C=N–C) groups is 1. The molecule has 5 heterocycles. The maximum absolute atomic E-state index is 14.1. The number of fused-ring (bicyclic) bond motifs is 1. The lowest BCUT2D eigenvalue weighted by Gasteiger charge is -2.49. The van der Waals surface area contributed by atoms with Crippen LogP contribution in [0.25, 0.3) is 11.0 Å². The second-order valence-corrected chi connectivity index (χ2v) is 15.3. The molecule has 378 valence electrons. The van der Waals surface area contributed by atoms with E-state index in [2.05, 4.69) is 54.4 Å². The molecule has 0 radical (unpaired) electrons. The summed E-state index contributed by atoms with van der Waals surface area (Å²) >= 11 is 0. The summed E-state index contributed by atoms with van der Waals surface area (Å²) in [5.74, 6) is 3.45. The highest BCUT2D eigenvalue weighted by Crippen LogP contribution is 2.33. The fourth-order valence-corrected chi connectivity index (χ4v) is 7.60. The summed E-state index contributed by atoms with van der Waals surface area (Å²) in [6, 6.07) is 6.59. The Morgan fingerprint density at radius 2 is 1.79 bits per heavy atom. The molecule has 0 aliphatic carbocycles. The number of allylic oxidation sites excluding steroid dienone is 1. The van der Waals surface area contributed by atoms with E-state index in [1.54, 1.807) is 44.0 Å². The second-order valence-electron chi connectivity index (χ2n) is 15.3. The first kappa shape index (κ1) is 59.1. The summed E-state index contributed by atoms with van der Waals surface area (Å²) in [5, 5.41) is 16.8. The number of hydrogen-bond acceptors (Lipinski definition) is 17. The molecule has 1 aliphatic heterocycles. The number of nitriles is 1. The quantitative estimate of drug-likeness (QED) is 0.0237. The van der Waals surface area contributed by atoms with Crippen molar-refractivity contribution >= 4 is 66.3 Å². The van der Waals surface area contributed by atoms with Crippen molar-refractivity contribution in [1.82, 2.24) is 34.2 Å². The van der Waals surface area contributed by atoms with Gasteiger partial charge in [0.1, 0.15) is 28.9 Å². The van der Waals surface area contributed by atoms with Gasteiger partial charge in [-0.15, -0.1) is 0 Å². The molecule has 22 heteroatoms. The number of aldehydes is 2. The third-order valence-corrected chi connectivity index (χ3v) is 10.7. The molecule has 1 saturated heterocycles. The van der Waals surface area contributed by atoms with Crippen molar-refractivity contribution in [2.75, 3.05) is 71.3 Å². The summed E-state index contributed by atoms with van der Waals surface area (Å²) in [5.41, 5.74) is 18.1. The van der Waals surface area contributed by atoms with Crippen LogP contribution in [-0.2, 0) is 24.2 Å². The molecule has 2 amide bonds. The van der Waals surface area contributed by atoms with Crippen molar-refractivity contribution in [3.05, 3.63) is 82.5 Å². The first-order valence-corrected chi connectivity index (χ1v) is 23.1. The number of pyridine rings is 1. The third-order valence-electron chi connectivity index (χ3n) is 10.7. The normalized spacial score (nSPS) is 12.2. The standard InChI is InChI=1S/C37H46BN11O5.C7H9NO2.C2H6.2CH5N/c1-7-49-30(15-25(2)45-49)35(52)48(34-29(41-4)18-27(19-43-34)33(40)51)13-9-8-12-47-32-28(44-36(47)42-5)16-26(20-50)17-31(32)54-14-10-11-46-22-37(23-46,53-6)21-38(3)24-39;1-3-6-7(4-9)10-5(2)8-6;3*1-2/h8-9,15-20H,4,7,10-14,21-23H2,1-3,5-6H3,(H2,40,51)(H,42,44);4H,3H2,1-2H3;1-2H3;2*2H2,1H3/b9-8+;;;;. The van der Waals surface area contributed by atoms with Crippen LogP contribution in [0.2, 0.25) is 13.1 Å². The van der Waals surface area contributed by atoms with E-state index < -0.39 is 5.91 Å². The zero-order valence-electron chi connectivity index (χ0n) is 42.6. The van der Waals surface area contributed by atoms with Gasteiger partial charge in [-0.1, -0.05) is 39.7 Å². The van der Waals surface area contributed by atoms with Crippen LogP contribution in [-0.4, -0.2) is 139 Å². The lowest BCUT2D eigenvalue weighted by Crippen LogP contribution is -2.63. The monoisotopic (exact) mass is 967 g/mol. The van der Waals surface area contributed by atoms with Crippen molar-refractivity contribution in [2.45, 2.75) is 86.2 Å². The Balaban J connectivity index is 0.000000908. The van der Waals surface area contributed by atoms with Gasteiger partial charge in [-0.2, -0.15) is 5.10 Å². The van der Waals surface area contributed by atoms with Crippen molar-refractivity contribution < 1.29 is 33.1 Å². The minimum absolute atomic E-state index is 0.0753. The molecule has 0 bridgehead atoms. The van der Waals surface area contributed by atoms with Gasteiger partial charge in [0.15, 0.2) is 23.8 Å². The highest BCUT2D eigenvalue weighted by Gasteiger charge is 2.44. The van der Waals surface area contributed by atoms with Gasteiger partial charge < -0.3 is 41.0 Å². The number of aromatic nitrogens is 6. The van der Waals surface area contributed by atoms with Crippen molar-refractivity contribution in [3.63, 3.8) is 0 Å². The van der Waals surface area contributed by atoms with Gasteiger partial charge in [0.2, 0.25) is 11.9 Å². The first-order chi connectivity index (χ1) is 33.8. The average molecular weight is 967 g/mol. The van der Waals surface area contributed by atoms with E-state index in [0.717, 1.165) is 44.5 Å². The molecule has 7 N–H and O–H groups in total. The number of ether oxygens (including phenoxy) is 2. The second kappa shape index (κ2) is 29.7. The molecule has 6 rings (SSSR count). The van der Waals surface area contributed by atoms with Gasteiger partial charge >= 0.3 is 0 Å². The van der Waals surface area contributed by atoms with Gasteiger partial charge in [0.25, 0.3) is 12.6 Å². The van der Waals surface area contributed by atoms with Crippen molar-refractivity contribution in [2.24, 2.45) is 22.2 Å². The van der Waals surface area contributed by atoms with Crippen molar-refractivity contribution in [1.29, 1.82) is 5.26 Å². The number of rotatable bonds is 21. The van der Waals surface area contributed by atoms with Crippen LogP contribution in [0.5, 0.6) is 5.75 Å². The maximum Gasteiger partial charge on any atom is 0.278 e. The average Bonchev–Trinajstić information content (AvgIpc) is 4.08. The SMILES string of the molecule is C=Nc1cc(C(N)=O)cnc1N(C/C=C/Cn1c(NC)nc2cc(C=O)cc(OCCCN3CC(CB(C)C#N)(OC)C3)c21)C(=O)c1cc(C)nn1CC.CC.CCc1nc(C)oc1C=O.CN.CN. The Morgan fingerprint density at radius 3 is 2.34 bits per heavy atom. The smallest absolute Gasteiger partial charge is 0.278 e. The molecule has 0 saturated carbocycles. The Labute approximate surface area is 411 Å². The number of carbonyl (C=O) groups excluding carboxylic acids is 4. The van der Waals surface area contributed by atoms with E-state index in [9.17, 15) is 24.4 Å². The van der Waals surface area contributed by atoms with Crippen LogP contribution in [0.15, 0.2) is 52.0 Å². The predicted molar refractivity (Wildman–Crippen MR) is 276 cm³/mol. The Kier molecular flexibility index (Phi) is 25.1. The van der Waals surface area contributed by atoms with Crippen LogP contribution in [0, 0.1) is 25.1 Å². The Morgan fingerprint density at radius 1 is 1.09 bits per heavy atom. The molecular formula is C48H71BN14O7. The van der Waals surface area contributed by atoms with Gasteiger partial charge in [-0.05, 0) is 78.1 Å². The zero-order chi connectivity index (χ0) is 52.6. The number of amides is 2. The summed E-state index contributed by atoms with van der Waals surface area (Å²) in [7, 11) is 6.46. The molecule has 70 heavy (non-hydrogen) atoms. The lowest BCUT2D eigenvalue weighted by atomic mass is 9.47. The third kappa shape index (κ3) is 15.2. The fourth-order valence-electron chi connectivity index (χ4n) is 7.60. The van der Waals surface area contributed by atoms with E-state index in [1.807, 2.05) is 58.2 Å². The van der Waals surface area contributed by atoms with Gasteiger partial charge in [0, 0.05) is 78.1 Å². The van der Waals surface area contributed by atoms with E-state index in [4.69, 9.17) is 24.6 Å². The highest BCUT2D eigenvalue weighted by molar-refractivity contribution is 6.65. The van der Waals surface area contributed by atoms with Gasteiger partial charge in [-0.3, -0.25) is 38.7 Å². The van der Waals surface area contributed by atoms with E-state index >= 15 is 0 Å².